The van der Waals surface area contributed by atoms with E-state index in [1.807, 2.05) is 12.1 Å². The lowest BCUT2D eigenvalue weighted by Gasteiger charge is -2.04. The number of tetrazole rings is 1. The van der Waals surface area contributed by atoms with Gasteiger partial charge in [0.15, 0.2) is 0 Å². The number of nitrogens with two attached hydrogens (primary N) is 1. The molecule has 0 saturated carbocycles. The van der Waals surface area contributed by atoms with Gasteiger partial charge in [-0.15, -0.1) is 10.2 Å². The fourth-order valence-corrected chi connectivity index (χ4v) is 2.50. The maximum Gasteiger partial charge on any atom is 0.248 e. The largest absolute Gasteiger partial charge is 0.366 e. The first-order valence-corrected chi connectivity index (χ1v) is 8.04. The van der Waals surface area contributed by atoms with Gasteiger partial charge in [-0.3, -0.25) is 9.59 Å². The van der Waals surface area contributed by atoms with Gasteiger partial charge in [-0.2, -0.15) is 4.80 Å². The molecule has 1 aromatic heterocycles. The molecule has 0 bridgehead atoms. The van der Waals surface area contributed by atoms with E-state index in [1.54, 1.807) is 36.4 Å². The molecule has 0 aliphatic heterocycles. The monoisotopic (exact) mass is 400 g/mol. The molecule has 25 heavy (non-hydrogen) atoms. The Balaban J connectivity index is 1.67. The number of anilines is 1. The van der Waals surface area contributed by atoms with E-state index in [0.29, 0.717) is 22.6 Å². The lowest BCUT2D eigenvalue weighted by Crippen LogP contribution is -2.20. The van der Waals surface area contributed by atoms with Crippen molar-refractivity contribution in [3.05, 3.63) is 58.6 Å². The van der Waals surface area contributed by atoms with E-state index in [1.165, 1.54) is 4.80 Å². The summed E-state index contributed by atoms with van der Waals surface area (Å²) in [5.74, 6) is -0.426. The number of halogens is 1. The van der Waals surface area contributed by atoms with Crippen molar-refractivity contribution >= 4 is 33.4 Å². The molecule has 0 radical (unpaired) electrons. The number of rotatable bonds is 5. The average Bonchev–Trinajstić information content (AvgIpc) is 3.03. The van der Waals surface area contributed by atoms with Crippen LogP contribution in [0.4, 0.5) is 5.69 Å². The number of nitrogens with one attached hydrogen (secondary N) is 1. The highest BCUT2D eigenvalue weighted by molar-refractivity contribution is 9.10. The van der Waals surface area contributed by atoms with E-state index in [9.17, 15) is 9.59 Å². The second-order valence-corrected chi connectivity index (χ2v) is 6.06. The van der Waals surface area contributed by atoms with Crippen LogP contribution in [0.1, 0.15) is 10.4 Å². The van der Waals surface area contributed by atoms with Crippen molar-refractivity contribution < 1.29 is 9.59 Å². The van der Waals surface area contributed by atoms with E-state index in [2.05, 4.69) is 36.7 Å². The van der Waals surface area contributed by atoms with Gasteiger partial charge in [-0.25, -0.2) is 0 Å². The molecular formula is C16H13BrN6O2. The average molecular weight is 401 g/mol. The standard InChI is InChI=1S/C16H13BrN6O2/c17-12-2-1-3-13(8-12)19-14(24)9-23-21-16(20-22-23)11-6-4-10(5-7-11)15(18)25/h1-8H,9H2,(H2,18,25)(H,19,24). The second kappa shape index (κ2) is 7.22. The number of carbonyl (C=O) groups is 2. The van der Waals surface area contributed by atoms with Gasteiger partial charge in [-0.1, -0.05) is 34.1 Å². The minimum Gasteiger partial charge on any atom is -0.366 e. The van der Waals surface area contributed by atoms with E-state index in [4.69, 9.17) is 5.73 Å². The van der Waals surface area contributed by atoms with Crippen molar-refractivity contribution in [2.75, 3.05) is 5.32 Å². The fourth-order valence-electron chi connectivity index (χ4n) is 2.10. The van der Waals surface area contributed by atoms with Crippen molar-refractivity contribution in [1.29, 1.82) is 0 Å². The molecule has 3 rings (SSSR count). The van der Waals surface area contributed by atoms with Crippen LogP contribution in [0.3, 0.4) is 0 Å². The second-order valence-electron chi connectivity index (χ2n) is 5.14. The third kappa shape index (κ3) is 4.27. The summed E-state index contributed by atoms with van der Waals surface area (Å²) in [7, 11) is 0. The minimum atomic E-state index is -0.507. The van der Waals surface area contributed by atoms with E-state index >= 15 is 0 Å². The molecule has 0 unspecified atom stereocenters. The van der Waals surface area contributed by atoms with Gasteiger partial charge in [-0.05, 0) is 35.5 Å². The lowest BCUT2D eigenvalue weighted by atomic mass is 10.1. The number of benzene rings is 2. The SMILES string of the molecule is NC(=O)c1ccc(-c2nnn(CC(=O)Nc3cccc(Br)c3)n2)cc1. The Labute approximate surface area is 151 Å². The first kappa shape index (κ1) is 16.8. The quantitative estimate of drug-likeness (QED) is 0.677. The summed E-state index contributed by atoms with van der Waals surface area (Å²) < 4.78 is 0.867. The van der Waals surface area contributed by atoms with Gasteiger partial charge in [0.1, 0.15) is 6.54 Å². The van der Waals surface area contributed by atoms with Gasteiger partial charge in [0, 0.05) is 21.3 Å². The number of nitrogens with zero attached hydrogens (tertiary/aromatic N) is 4. The number of aromatic nitrogens is 4. The van der Waals surface area contributed by atoms with Crippen molar-refractivity contribution in [3.8, 4) is 11.4 Å². The Morgan fingerprint density at radius 2 is 1.92 bits per heavy atom. The van der Waals surface area contributed by atoms with Gasteiger partial charge < -0.3 is 11.1 Å². The first-order chi connectivity index (χ1) is 12.0. The molecule has 0 fully saturated rings. The zero-order valence-electron chi connectivity index (χ0n) is 12.9. The van der Waals surface area contributed by atoms with Crippen LogP contribution in [0.2, 0.25) is 0 Å². The van der Waals surface area contributed by atoms with E-state index in [0.717, 1.165) is 4.47 Å². The van der Waals surface area contributed by atoms with Crippen LogP contribution in [-0.4, -0.2) is 32.0 Å². The summed E-state index contributed by atoms with van der Waals surface area (Å²) in [4.78, 5) is 24.3. The summed E-state index contributed by atoms with van der Waals surface area (Å²) in [5.41, 5.74) is 6.93. The summed E-state index contributed by atoms with van der Waals surface area (Å²) >= 11 is 3.34. The van der Waals surface area contributed by atoms with Crippen LogP contribution in [-0.2, 0) is 11.3 Å². The van der Waals surface area contributed by atoms with Crippen LogP contribution in [0.15, 0.2) is 53.0 Å². The molecule has 2 amide bonds. The Bertz CT molecular complexity index is 922. The maximum absolute atomic E-state index is 12.1. The number of hydrogen-bond donors (Lipinski definition) is 2. The highest BCUT2D eigenvalue weighted by atomic mass is 79.9. The molecule has 3 N–H and O–H groups in total. The molecule has 126 valence electrons. The molecule has 8 nitrogen and oxygen atoms in total. The zero-order chi connectivity index (χ0) is 17.8. The van der Waals surface area contributed by atoms with Crippen LogP contribution in [0, 0.1) is 0 Å². The van der Waals surface area contributed by atoms with Crippen LogP contribution >= 0.6 is 15.9 Å². The molecule has 0 saturated heterocycles. The highest BCUT2D eigenvalue weighted by Gasteiger charge is 2.10. The number of carbonyl (C=O) groups excluding carboxylic acids is 2. The van der Waals surface area contributed by atoms with Crippen molar-refractivity contribution in [2.24, 2.45) is 5.73 Å². The predicted octanol–water partition coefficient (Wildman–Crippen LogP) is 1.84. The smallest absolute Gasteiger partial charge is 0.248 e. The number of hydrogen-bond acceptors (Lipinski definition) is 5. The van der Waals surface area contributed by atoms with E-state index < -0.39 is 5.91 Å². The van der Waals surface area contributed by atoms with Crippen LogP contribution < -0.4 is 11.1 Å². The topological polar surface area (TPSA) is 116 Å². The zero-order valence-corrected chi connectivity index (χ0v) is 14.5. The molecule has 2 aromatic carbocycles. The summed E-state index contributed by atoms with van der Waals surface area (Å²) in [5, 5.41) is 14.7. The number of amides is 2. The van der Waals surface area contributed by atoms with E-state index in [-0.39, 0.29) is 12.5 Å². The molecule has 9 heteroatoms. The molecular weight excluding hydrogens is 388 g/mol. The normalized spacial score (nSPS) is 10.4. The lowest BCUT2D eigenvalue weighted by molar-refractivity contribution is -0.117. The van der Waals surface area contributed by atoms with Gasteiger partial charge >= 0.3 is 0 Å². The van der Waals surface area contributed by atoms with Crippen LogP contribution in [0.5, 0.6) is 0 Å². The molecule has 0 spiro atoms. The molecule has 1 heterocycles. The summed E-state index contributed by atoms with van der Waals surface area (Å²) in [6.07, 6.45) is 0. The number of primary amides is 1. The molecule has 3 aromatic rings. The highest BCUT2D eigenvalue weighted by Crippen LogP contribution is 2.16. The van der Waals surface area contributed by atoms with Crippen molar-refractivity contribution in [1.82, 2.24) is 20.2 Å². The third-order valence-electron chi connectivity index (χ3n) is 3.27. The Kier molecular flexibility index (Phi) is 4.85. The van der Waals surface area contributed by atoms with Crippen LogP contribution in [0.25, 0.3) is 11.4 Å². The molecule has 0 aliphatic rings. The summed E-state index contributed by atoms with van der Waals surface area (Å²) in [6.45, 7) is -0.0706. The molecule has 0 aliphatic carbocycles. The Morgan fingerprint density at radius 1 is 1.16 bits per heavy atom. The van der Waals surface area contributed by atoms with Crippen molar-refractivity contribution in [2.45, 2.75) is 6.54 Å². The first-order valence-electron chi connectivity index (χ1n) is 7.25. The summed E-state index contributed by atoms with van der Waals surface area (Å²) in [6, 6.07) is 13.8. The Hall–Kier alpha value is -3.07. The van der Waals surface area contributed by atoms with Gasteiger partial charge in [0.05, 0.1) is 0 Å². The predicted molar refractivity (Wildman–Crippen MR) is 94.5 cm³/mol. The fraction of sp³-hybridized carbons (Fsp3) is 0.0625. The third-order valence-corrected chi connectivity index (χ3v) is 3.77. The minimum absolute atomic E-state index is 0.0706. The maximum atomic E-state index is 12.1. The van der Waals surface area contributed by atoms with Gasteiger partial charge in [0.25, 0.3) is 0 Å². The van der Waals surface area contributed by atoms with Gasteiger partial charge in [0.2, 0.25) is 17.6 Å². The molecule has 0 atom stereocenters. The van der Waals surface area contributed by atoms with Crippen molar-refractivity contribution in [3.63, 3.8) is 0 Å². The Morgan fingerprint density at radius 3 is 2.60 bits per heavy atom.